The van der Waals surface area contributed by atoms with E-state index >= 15 is 0 Å². The van der Waals surface area contributed by atoms with E-state index in [0.29, 0.717) is 48.7 Å². The molecule has 33 heavy (non-hydrogen) atoms. The first-order valence-corrected chi connectivity index (χ1v) is 12.7. The highest BCUT2D eigenvalue weighted by Gasteiger charge is 2.31. The van der Waals surface area contributed by atoms with E-state index in [9.17, 15) is 18.0 Å². The molecular weight excluding hydrogens is 444 g/mol. The average Bonchev–Trinajstić information content (AvgIpc) is 3.05. The Bertz CT molecular complexity index is 1060. The number of carbonyl (C=O) groups excluding carboxylic acids is 2. The number of rotatable bonds is 13. The largest absolute Gasteiger partial charge is 0.461 e. The van der Waals surface area contributed by atoms with Crippen LogP contribution in [-0.2, 0) is 26.0 Å². The molecule has 1 aromatic carbocycles. The number of hydrogen-bond donors (Lipinski definition) is 0. The highest BCUT2D eigenvalue weighted by Crippen LogP contribution is 2.25. The third kappa shape index (κ3) is 6.10. The molecule has 182 valence electrons. The summed E-state index contributed by atoms with van der Waals surface area (Å²) in [6, 6.07) is 8.06. The minimum absolute atomic E-state index is 0.126. The third-order valence-corrected chi connectivity index (χ3v) is 7.29. The summed E-state index contributed by atoms with van der Waals surface area (Å²) in [4.78, 5) is 26.1. The van der Waals surface area contributed by atoms with Gasteiger partial charge in [-0.05, 0) is 58.7 Å². The van der Waals surface area contributed by atoms with Gasteiger partial charge >= 0.3 is 5.97 Å². The molecule has 0 fully saturated rings. The molecule has 2 aromatic rings. The van der Waals surface area contributed by atoms with Crippen LogP contribution in [0.1, 0.15) is 59.3 Å². The number of aromatic nitrogens is 1. The van der Waals surface area contributed by atoms with Crippen molar-refractivity contribution in [2.75, 3.05) is 32.9 Å². The quantitative estimate of drug-likeness (QED) is 0.248. The number of esters is 1. The molecule has 9 heteroatoms. The highest BCUT2D eigenvalue weighted by atomic mass is 32.2. The van der Waals surface area contributed by atoms with Gasteiger partial charge in [0.1, 0.15) is 5.69 Å². The highest BCUT2D eigenvalue weighted by molar-refractivity contribution is 7.89. The van der Waals surface area contributed by atoms with Gasteiger partial charge in [-0.15, -0.1) is 0 Å². The van der Waals surface area contributed by atoms with Crippen LogP contribution in [0.3, 0.4) is 0 Å². The van der Waals surface area contributed by atoms with Crippen LogP contribution in [0.15, 0.2) is 35.2 Å². The zero-order valence-electron chi connectivity index (χ0n) is 20.1. The molecule has 0 radical (unpaired) electrons. The fraction of sp³-hybridized carbons (Fsp3) is 0.500. The summed E-state index contributed by atoms with van der Waals surface area (Å²) in [7, 11) is -3.89. The van der Waals surface area contributed by atoms with Gasteiger partial charge in [0.25, 0.3) is 0 Å². The number of ether oxygens (including phenoxy) is 2. The van der Waals surface area contributed by atoms with E-state index < -0.39 is 16.0 Å². The van der Waals surface area contributed by atoms with Crippen molar-refractivity contribution in [3.05, 3.63) is 52.8 Å². The molecular formula is C24H34N2O6S. The van der Waals surface area contributed by atoms with Gasteiger partial charge in [0.05, 0.1) is 18.0 Å². The maximum atomic E-state index is 13.4. The molecule has 0 spiro atoms. The van der Waals surface area contributed by atoms with Crippen molar-refractivity contribution in [2.45, 2.75) is 52.5 Å². The maximum Gasteiger partial charge on any atom is 0.355 e. The van der Waals surface area contributed by atoms with Crippen LogP contribution in [0.2, 0.25) is 0 Å². The van der Waals surface area contributed by atoms with E-state index in [1.54, 1.807) is 43.5 Å². The van der Waals surface area contributed by atoms with Gasteiger partial charge in [-0.3, -0.25) is 4.79 Å². The SMILES string of the molecule is CCOCCCN(CC(=O)c1c(C)c(C(=O)OCC)n(CC)c1C)S(=O)(=O)c1ccccc1. The van der Waals surface area contributed by atoms with Gasteiger partial charge in [0, 0.05) is 37.6 Å². The van der Waals surface area contributed by atoms with E-state index in [-0.39, 0.29) is 30.4 Å². The van der Waals surface area contributed by atoms with Crippen molar-refractivity contribution in [1.29, 1.82) is 0 Å². The van der Waals surface area contributed by atoms with Crippen LogP contribution in [0.25, 0.3) is 0 Å². The normalized spacial score (nSPS) is 11.7. The number of Topliss-reactive ketones (excluding diaryl/α,β-unsaturated/α-hetero) is 1. The van der Waals surface area contributed by atoms with Crippen molar-refractivity contribution in [1.82, 2.24) is 8.87 Å². The van der Waals surface area contributed by atoms with E-state index in [0.717, 1.165) is 0 Å². The molecule has 0 saturated carbocycles. The summed E-state index contributed by atoms with van der Waals surface area (Å²) in [6.45, 7) is 10.4. The minimum atomic E-state index is -3.89. The molecule has 0 unspecified atom stereocenters. The topological polar surface area (TPSA) is 94.9 Å². The maximum absolute atomic E-state index is 13.4. The lowest BCUT2D eigenvalue weighted by atomic mass is 10.1. The van der Waals surface area contributed by atoms with Crippen LogP contribution >= 0.6 is 0 Å². The number of sulfonamides is 1. The number of hydrogen-bond acceptors (Lipinski definition) is 6. The minimum Gasteiger partial charge on any atom is -0.461 e. The van der Waals surface area contributed by atoms with Gasteiger partial charge in [-0.25, -0.2) is 13.2 Å². The fourth-order valence-electron chi connectivity index (χ4n) is 3.92. The second-order valence-corrected chi connectivity index (χ2v) is 9.46. The molecule has 0 saturated heterocycles. The van der Waals surface area contributed by atoms with Crippen molar-refractivity contribution < 1.29 is 27.5 Å². The van der Waals surface area contributed by atoms with Crippen molar-refractivity contribution in [3.8, 4) is 0 Å². The summed E-state index contributed by atoms with van der Waals surface area (Å²) in [5.41, 5.74) is 1.81. The number of benzene rings is 1. The summed E-state index contributed by atoms with van der Waals surface area (Å²) in [5, 5.41) is 0. The van der Waals surface area contributed by atoms with Gasteiger partial charge in [0.2, 0.25) is 10.0 Å². The molecule has 0 amide bonds. The number of ketones is 1. The smallest absolute Gasteiger partial charge is 0.355 e. The van der Waals surface area contributed by atoms with Gasteiger partial charge in [0.15, 0.2) is 5.78 Å². The molecule has 2 rings (SSSR count). The number of nitrogens with zero attached hydrogens (tertiary/aromatic N) is 2. The van der Waals surface area contributed by atoms with E-state index in [1.807, 2.05) is 13.8 Å². The molecule has 0 atom stereocenters. The summed E-state index contributed by atoms with van der Waals surface area (Å²) >= 11 is 0. The lowest BCUT2D eigenvalue weighted by Crippen LogP contribution is -2.37. The van der Waals surface area contributed by atoms with Crippen LogP contribution in [0, 0.1) is 13.8 Å². The fourth-order valence-corrected chi connectivity index (χ4v) is 5.37. The van der Waals surface area contributed by atoms with E-state index in [2.05, 4.69) is 0 Å². The molecule has 0 aliphatic heterocycles. The first-order valence-electron chi connectivity index (χ1n) is 11.2. The van der Waals surface area contributed by atoms with Crippen LogP contribution in [-0.4, -0.2) is 62.0 Å². The Morgan fingerprint density at radius 2 is 1.70 bits per heavy atom. The molecule has 0 N–H and O–H groups in total. The Hall–Kier alpha value is -2.49. The Labute approximate surface area is 196 Å². The zero-order valence-corrected chi connectivity index (χ0v) is 20.9. The Balaban J connectivity index is 2.42. The van der Waals surface area contributed by atoms with Crippen molar-refractivity contribution in [2.24, 2.45) is 0 Å². The average molecular weight is 479 g/mol. The number of carbonyl (C=O) groups is 2. The molecule has 8 nitrogen and oxygen atoms in total. The van der Waals surface area contributed by atoms with Crippen LogP contribution in [0.4, 0.5) is 0 Å². The van der Waals surface area contributed by atoms with E-state index in [1.165, 1.54) is 16.4 Å². The lowest BCUT2D eigenvalue weighted by Gasteiger charge is -2.22. The van der Waals surface area contributed by atoms with Gasteiger partial charge in [-0.1, -0.05) is 18.2 Å². The summed E-state index contributed by atoms with van der Waals surface area (Å²) in [5.74, 6) is -0.858. The Morgan fingerprint density at radius 1 is 1.03 bits per heavy atom. The van der Waals surface area contributed by atoms with Gasteiger partial charge in [-0.2, -0.15) is 4.31 Å². The van der Waals surface area contributed by atoms with E-state index in [4.69, 9.17) is 9.47 Å². The molecule has 0 aliphatic rings. The first kappa shape index (κ1) is 26.8. The monoisotopic (exact) mass is 478 g/mol. The molecule has 1 aromatic heterocycles. The van der Waals surface area contributed by atoms with Crippen LogP contribution in [0.5, 0.6) is 0 Å². The summed E-state index contributed by atoms with van der Waals surface area (Å²) < 4.78 is 40.1. The van der Waals surface area contributed by atoms with Crippen molar-refractivity contribution in [3.63, 3.8) is 0 Å². The zero-order chi connectivity index (χ0) is 24.6. The first-order chi connectivity index (χ1) is 15.7. The summed E-state index contributed by atoms with van der Waals surface area (Å²) in [6.07, 6.45) is 0.454. The van der Waals surface area contributed by atoms with Crippen molar-refractivity contribution >= 4 is 21.8 Å². The standard InChI is InChI=1S/C24H34N2O6S/c1-6-26-19(5)22(18(4)23(26)24(28)32-8-3)21(27)17-25(15-12-16-31-7-2)33(29,30)20-13-10-9-11-14-20/h9-11,13-14H,6-8,12,15-17H2,1-5H3. The third-order valence-electron chi connectivity index (χ3n) is 5.43. The predicted molar refractivity (Wildman–Crippen MR) is 126 cm³/mol. The molecule has 0 aliphatic carbocycles. The molecule has 1 heterocycles. The second-order valence-electron chi connectivity index (χ2n) is 7.52. The van der Waals surface area contributed by atoms with Crippen LogP contribution < -0.4 is 0 Å². The Kier molecular flexibility index (Phi) is 9.82. The van der Waals surface area contributed by atoms with Gasteiger partial charge < -0.3 is 14.0 Å². The molecule has 0 bridgehead atoms. The predicted octanol–water partition coefficient (Wildman–Crippen LogP) is 3.60. The second kappa shape index (κ2) is 12.1. The Morgan fingerprint density at radius 3 is 2.27 bits per heavy atom. The lowest BCUT2D eigenvalue weighted by molar-refractivity contribution is 0.0512.